The molecule has 34 heavy (non-hydrogen) atoms. The Bertz CT molecular complexity index is 1630. The maximum Gasteiger partial charge on any atom is 0.336 e. The summed E-state index contributed by atoms with van der Waals surface area (Å²) in [6.45, 7) is 0. The van der Waals surface area contributed by atoms with Gasteiger partial charge in [-0.3, -0.25) is 5.41 Å². The molecular weight excluding hydrogens is 472 g/mol. The maximum atomic E-state index is 14.7. The molecule has 13 heteroatoms. The first-order valence-corrected chi connectivity index (χ1v) is 10.9. The lowest BCUT2D eigenvalue weighted by Gasteiger charge is -2.14. The third-order valence-electron chi connectivity index (χ3n) is 5.05. The molecule has 0 saturated carbocycles. The van der Waals surface area contributed by atoms with E-state index in [-0.39, 0.29) is 23.3 Å². The number of phenolic OH excluding ortho intramolecular Hbond substituents is 1. The number of hydrogen-bond donors (Lipinski definition) is 6. The Morgan fingerprint density at radius 2 is 1.76 bits per heavy atom. The molecule has 10 nitrogen and oxygen atoms in total. The monoisotopic (exact) mass is 487 g/mol. The van der Waals surface area contributed by atoms with Gasteiger partial charge in [-0.1, -0.05) is 0 Å². The first-order chi connectivity index (χ1) is 15.9. The van der Waals surface area contributed by atoms with Gasteiger partial charge < -0.3 is 20.9 Å². The Kier molecular flexibility index (Phi) is 5.30. The van der Waals surface area contributed by atoms with Crippen molar-refractivity contribution in [1.29, 1.82) is 5.41 Å². The number of nitrogens with zero attached hydrogens (tertiary/aromatic N) is 1. The van der Waals surface area contributed by atoms with Crippen LogP contribution in [0.3, 0.4) is 0 Å². The average molecular weight is 487 g/mol. The number of nitrogens with one attached hydrogen (secondary N) is 2. The maximum absolute atomic E-state index is 14.7. The summed E-state index contributed by atoms with van der Waals surface area (Å²) in [5.74, 6) is -5.25. The third kappa shape index (κ3) is 3.82. The fraction of sp³-hybridized carbons (Fsp3) is 0. The summed E-state index contributed by atoms with van der Waals surface area (Å²) < 4.78 is 52.2. The number of benzene rings is 3. The molecule has 0 amide bonds. The van der Waals surface area contributed by atoms with Gasteiger partial charge in [-0.15, -0.1) is 0 Å². The molecule has 0 aliphatic carbocycles. The second-order valence-corrected chi connectivity index (χ2v) is 8.76. The van der Waals surface area contributed by atoms with Crippen LogP contribution in [0.25, 0.3) is 33.5 Å². The Morgan fingerprint density at radius 1 is 1.06 bits per heavy atom. The van der Waals surface area contributed by atoms with E-state index in [4.69, 9.17) is 16.3 Å². The van der Waals surface area contributed by atoms with E-state index in [0.717, 1.165) is 6.07 Å². The molecule has 3 aromatic carbocycles. The standard InChI is InChI=1S/C21H15F2N5O5S/c22-12-7-13(23)16(34(26,32)33)6-11(12)17-9(21(30)31)2-3-10(18(17)29)20-27-14-4-1-8(19(24)25)5-15(14)28-20/h1-7,29H,(H3,24,25)(H,27,28)(H,30,31)(H2,26,32,33). The molecule has 0 aliphatic rings. The Labute approximate surface area is 190 Å². The van der Waals surface area contributed by atoms with Crippen molar-refractivity contribution in [3.05, 3.63) is 65.2 Å². The summed E-state index contributed by atoms with van der Waals surface area (Å²) in [4.78, 5) is 17.9. The number of carbonyl (C=O) groups is 1. The number of H-pyrrole nitrogens is 1. The Hall–Kier alpha value is -4.36. The molecule has 0 unspecified atom stereocenters. The number of rotatable bonds is 5. The van der Waals surface area contributed by atoms with Gasteiger partial charge in [-0.05, 0) is 36.4 Å². The van der Waals surface area contributed by atoms with Crippen LogP contribution in [0.5, 0.6) is 5.75 Å². The fourth-order valence-electron chi connectivity index (χ4n) is 3.48. The normalized spacial score (nSPS) is 11.6. The van der Waals surface area contributed by atoms with E-state index in [2.05, 4.69) is 9.97 Å². The average Bonchev–Trinajstić information content (AvgIpc) is 3.16. The van der Waals surface area contributed by atoms with Crippen LogP contribution in [0.15, 0.2) is 47.4 Å². The predicted octanol–water partition coefficient (Wildman–Crippen LogP) is 2.51. The van der Waals surface area contributed by atoms with Gasteiger partial charge in [0.2, 0.25) is 10.0 Å². The van der Waals surface area contributed by atoms with Gasteiger partial charge in [-0.25, -0.2) is 32.1 Å². The number of fused-ring (bicyclic) bond motifs is 1. The molecule has 8 N–H and O–H groups in total. The summed E-state index contributed by atoms with van der Waals surface area (Å²) in [6.07, 6.45) is 0. The smallest absolute Gasteiger partial charge is 0.336 e. The summed E-state index contributed by atoms with van der Waals surface area (Å²) in [5.41, 5.74) is 4.82. The molecular formula is C21H15F2N5O5S. The van der Waals surface area contributed by atoms with Crippen molar-refractivity contribution in [2.45, 2.75) is 4.90 Å². The Morgan fingerprint density at radius 3 is 2.38 bits per heavy atom. The highest BCUT2D eigenvalue weighted by molar-refractivity contribution is 7.89. The molecule has 0 radical (unpaired) electrons. The molecule has 0 aliphatic heterocycles. The largest absolute Gasteiger partial charge is 0.507 e. The van der Waals surface area contributed by atoms with Gasteiger partial charge in [-0.2, -0.15) is 0 Å². The number of aromatic carboxylic acids is 1. The van der Waals surface area contributed by atoms with Crippen molar-refractivity contribution < 1.29 is 32.2 Å². The van der Waals surface area contributed by atoms with Gasteiger partial charge in [0.15, 0.2) is 0 Å². The zero-order valence-corrected chi connectivity index (χ0v) is 17.7. The highest BCUT2D eigenvalue weighted by Gasteiger charge is 2.26. The van der Waals surface area contributed by atoms with Gasteiger partial charge in [0.05, 0.1) is 22.2 Å². The van der Waals surface area contributed by atoms with Gasteiger partial charge in [0.1, 0.15) is 33.9 Å². The van der Waals surface area contributed by atoms with E-state index >= 15 is 0 Å². The molecule has 0 fully saturated rings. The zero-order chi connectivity index (χ0) is 24.9. The number of primary sulfonamides is 1. The number of aromatic hydroxyl groups is 1. The van der Waals surface area contributed by atoms with Crippen LogP contribution in [0.1, 0.15) is 15.9 Å². The third-order valence-corrected chi connectivity index (χ3v) is 5.98. The first-order valence-electron chi connectivity index (χ1n) is 9.34. The minimum Gasteiger partial charge on any atom is -0.507 e. The number of phenols is 1. The zero-order valence-electron chi connectivity index (χ0n) is 16.9. The van der Waals surface area contributed by atoms with Gasteiger partial charge in [0, 0.05) is 22.8 Å². The number of hydrogen-bond acceptors (Lipinski definition) is 6. The minimum absolute atomic E-state index is 0.0542. The van der Waals surface area contributed by atoms with E-state index in [9.17, 15) is 32.2 Å². The lowest BCUT2D eigenvalue weighted by Crippen LogP contribution is -2.15. The van der Waals surface area contributed by atoms with Crippen molar-refractivity contribution in [1.82, 2.24) is 9.97 Å². The first kappa shape index (κ1) is 22.8. The second kappa shape index (κ2) is 7.90. The van der Waals surface area contributed by atoms with Crippen molar-refractivity contribution in [2.75, 3.05) is 0 Å². The number of sulfonamides is 1. The van der Waals surface area contributed by atoms with E-state index in [0.29, 0.717) is 22.7 Å². The van der Waals surface area contributed by atoms with Crippen molar-refractivity contribution >= 4 is 32.9 Å². The molecule has 1 aromatic heterocycles. The molecule has 174 valence electrons. The summed E-state index contributed by atoms with van der Waals surface area (Å²) in [7, 11) is -4.63. The van der Waals surface area contributed by atoms with Gasteiger partial charge >= 0.3 is 5.97 Å². The number of aromatic nitrogens is 2. The second-order valence-electron chi connectivity index (χ2n) is 7.23. The number of aromatic amines is 1. The van der Waals surface area contributed by atoms with Crippen molar-refractivity contribution in [3.8, 4) is 28.3 Å². The predicted molar refractivity (Wildman–Crippen MR) is 118 cm³/mol. The highest BCUT2D eigenvalue weighted by atomic mass is 32.2. The number of imidazole rings is 1. The molecule has 0 bridgehead atoms. The molecule has 4 rings (SSSR count). The summed E-state index contributed by atoms with van der Waals surface area (Å²) >= 11 is 0. The van der Waals surface area contributed by atoms with E-state index < -0.39 is 55.0 Å². The van der Waals surface area contributed by atoms with Gasteiger partial charge in [0.25, 0.3) is 0 Å². The Balaban J connectivity index is 2.00. The highest BCUT2D eigenvalue weighted by Crippen LogP contribution is 2.42. The fourth-order valence-corrected chi connectivity index (χ4v) is 4.09. The van der Waals surface area contributed by atoms with Crippen LogP contribution in [-0.4, -0.2) is 40.4 Å². The lowest BCUT2D eigenvalue weighted by molar-refractivity contribution is 0.0697. The van der Waals surface area contributed by atoms with Crippen LogP contribution in [0.2, 0.25) is 0 Å². The topological polar surface area (TPSA) is 196 Å². The van der Waals surface area contributed by atoms with E-state index in [1.807, 2.05) is 0 Å². The number of halogens is 2. The minimum atomic E-state index is -4.63. The lowest BCUT2D eigenvalue weighted by atomic mass is 9.95. The number of carboxylic acid groups (broad SMARTS) is 1. The summed E-state index contributed by atoms with van der Waals surface area (Å²) in [5, 5.41) is 33.1. The molecule has 4 aromatic rings. The number of amidine groups is 1. The van der Waals surface area contributed by atoms with Crippen LogP contribution in [0.4, 0.5) is 8.78 Å². The van der Waals surface area contributed by atoms with Crippen LogP contribution >= 0.6 is 0 Å². The van der Waals surface area contributed by atoms with Crippen molar-refractivity contribution in [3.63, 3.8) is 0 Å². The molecule has 1 heterocycles. The summed E-state index contributed by atoms with van der Waals surface area (Å²) in [6, 6.07) is 7.68. The number of carboxylic acids is 1. The van der Waals surface area contributed by atoms with Crippen LogP contribution in [0, 0.1) is 17.0 Å². The molecule has 0 atom stereocenters. The van der Waals surface area contributed by atoms with E-state index in [1.165, 1.54) is 12.1 Å². The van der Waals surface area contributed by atoms with E-state index in [1.54, 1.807) is 12.1 Å². The number of nitrogens with two attached hydrogens (primary N) is 2. The number of nitrogen functional groups attached to an aromatic ring is 1. The SMILES string of the molecule is N=C(N)c1ccc2nc(-c3ccc(C(=O)O)c(-c4cc(S(N)(=O)=O)c(F)cc4F)c3O)[nH]c2c1. The van der Waals surface area contributed by atoms with Crippen molar-refractivity contribution in [2.24, 2.45) is 10.9 Å². The van der Waals surface area contributed by atoms with Crippen LogP contribution < -0.4 is 10.9 Å². The van der Waals surface area contributed by atoms with Crippen LogP contribution in [-0.2, 0) is 10.0 Å². The molecule has 0 spiro atoms. The molecule has 0 saturated heterocycles. The quantitative estimate of drug-likeness (QED) is 0.184.